The van der Waals surface area contributed by atoms with Crippen LogP contribution >= 0.6 is 0 Å². The highest BCUT2D eigenvalue weighted by molar-refractivity contribution is 6.13. The number of anilines is 2. The molecule has 2 aromatic carbocycles. The van der Waals surface area contributed by atoms with Gasteiger partial charge in [0.05, 0.1) is 30.2 Å². The zero-order valence-electron chi connectivity index (χ0n) is 20.4. The summed E-state index contributed by atoms with van der Waals surface area (Å²) in [7, 11) is 0. The average molecular weight is 501 g/mol. The molecule has 3 aromatic rings. The Hall–Kier alpha value is -4.03. The minimum Gasteiger partial charge on any atom is -0.382 e. The van der Waals surface area contributed by atoms with E-state index in [-0.39, 0.29) is 37.4 Å². The number of nitrogens with one attached hydrogen (secondary N) is 2. The maximum Gasteiger partial charge on any atom is 0.257 e. The highest BCUT2D eigenvalue weighted by Crippen LogP contribution is 2.28. The van der Waals surface area contributed by atoms with E-state index in [9.17, 15) is 19.2 Å². The molecular formula is C28H29FN6O2. The van der Waals surface area contributed by atoms with Crippen molar-refractivity contribution < 1.29 is 14.0 Å². The third-order valence-corrected chi connectivity index (χ3v) is 7.07. The minimum atomic E-state index is -1.12. The van der Waals surface area contributed by atoms with Crippen LogP contribution in [0.25, 0.3) is 10.9 Å². The number of halogens is 1. The fourth-order valence-corrected chi connectivity index (χ4v) is 5.12. The molecule has 0 spiro atoms. The second kappa shape index (κ2) is 10.9. The van der Waals surface area contributed by atoms with Crippen LogP contribution in [0.4, 0.5) is 15.8 Å². The summed E-state index contributed by atoms with van der Waals surface area (Å²) in [5, 5.41) is 16.6. The van der Waals surface area contributed by atoms with E-state index < -0.39 is 12.2 Å². The van der Waals surface area contributed by atoms with Crippen molar-refractivity contribution in [3.8, 4) is 6.07 Å². The number of hydrogen-bond donors (Lipinski definition) is 2. The molecule has 0 aliphatic carbocycles. The predicted octanol–water partition coefficient (Wildman–Crippen LogP) is 3.83. The summed E-state index contributed by atoms with van der Waals surface area (Å²) < 4.78 is 13.7. The number of aromatic nitrogens is 1. The van der Waals surface area contributed by atoms with E-state index in [2.05, 4.69) is 20.5 Å². The molecule has 1 aromatic heterocycles. The van der Waals surface area contributed by atoms with Gasteiger partial charge in [0.2, 0.25) is 5.91 Å². The quantitative estimate of drug-likeness (QED) is 0.534. The molecule has 1 unspecified atom stereocenters. The van der Waals surface area contributed by atoms with Crippen LogP contribution in [-0.2, 0) is 4.79 Å². The van der Waals surface area contributed by atoms with Gasteiger partial charge in [-0.2, -0.15) is 5.26 Å². The number of amides is 2. The van der Waals surface area contributed by atoms with Crippen LogP contribution in [0.2, 0.25) is 0 Å². The number of nitrogens with zero attached hydrogens (tertiary/aromatic N) is 4. The maximum atomic E-state index is 13.7. The number of piperidine rings is 1. The van der Waals surface area contributed by atoms with Crippen molar-refractivity contribution in [2.75, 3.05) is 36.8 Å². The number of pyridine rings is 1. The van der Waals surface area contributed by atoms with Gasteiger partial charge in [-0.3, -0.25) is 19.5 Å². The number of carbonyl (C=O) groups is 2. The Labute approximate surface area is 215 Å². The summed E-state index contributed by atoms with van der Waals surface area (Å²) in [5.41, 5.74) is 2.78. The van der Waals surface area contributed by atoms with Crippen LogP contribution in [0.1, 0.15) is 29.6 Å². The zero-order chi connectivity index (χ0) is 25.8. The first-order valence-electron chi connectivity index (χ1n) is 12.6. The van der Waals surface area contributed by atoms with Crippen LogP contribution in [0.3, 0.4) is 0 Å². The third kappa shape index (κ3) is 5.54. The summed E-state index contributed by atoms with van der Waals surface area (Å²) in [6.45, 7) is 1.66. The largest absolute Gasteiger partial charge is 0.382 e. The zero-order valence-corrected chi connectivity index (χ0v) is 20.4. The summed E-state index contributed by atoms with van der Waals surface area (Å²) in [4.78, 5) is 33.6. The molecule has 37 heavy (non-hydrogen) atoms. The molecule has 0 bridgehead atoms. The number of rotatable bonds is 6. The van der Waals surface area contributed by atoms with Crippen molar-refractivity contribution >= 4 is 34.1 Å². The maximum absolute atomic E-state index is 13.7. The molecule has 190 valence electrons. The van der Waals surface area contributed by atoms with Crippen LogP contribution < -0.4 is 10.6 Å². The van der Waals surface area contributed by atoms with Crippen LogP contribution in [-0.4, -0.2) is 71.0 Å². The molecule has 2 fully saturated rings. The first-order chi connectivity index (χ1) is 18.0. The lowest BCUT2D eigenvalue weighted by atomic mass is 10.0. The lowest BCUT2D eigenvalue weighted by Crippen LogP contribution is -2.46. The summed E-state index contributed by atoms with van der Waals surface area (Å²) >= 11 is 0. The van der Waals surface area contributed by atoms with Crippen molar-refractivity contribution in [1.82, 2.24) is 14.8 Å². The molecule has 2 saturated heterocycles. The third-order valence-electron chi connectivity index (χ3n) is 7.07. The number of alkyl halides is 1. The fraction of sp³-hybridized carbons (Fsp3) is 0.357. The Bertz CT molecular complexity index is 1320. The van der Waals surface area contributed by atoms with Crippen LogP contribution in [0, 0.1) is 11.3 Å². The summed E-state index contributed by atoms with van der Waals surface area (Å²) in [6, 6.07) is 18.4. The Morgan fingerprint density at radius 2 is 1.86 bits per heavy atom. The van der Waals surface area contributed by atoms with Gasteiger partial charge in [-0.25, -0.2) is 4.39 Å². The molecule has 0 saturated carbocycles. The van der Waals surface area contributed by atoms with Crippen molar-refractivity contribution in [3.63, 3.8) is 0 Å². The molecule has 2 aliphatic rings. The molecular weight excluding hydrogens is 471 g/mol. The Balaban J connectivity index is 1.21. The number of hydrogen-bond acceptors (Lipinski definition) is 6. The predicted molar refractivity (Wildman–Crippen MR) is 140 cm³/mol. The van der Waals surface area contributed by atoms with Crippen molar-refractivity contribution in [2.24, 2.45) is 0 Å². The van der Waals surface area contributed by atoms with E-state index >= 15 is 0 Å². The van der Waals surface area contributed by atoms with Gasteiger partial charge in [0, 0.05) is 48.5 Å². The van der Waals surface area contributed by atoms with Gasteiger partial charge >= 0.3 is 0 Å². The Morgan fingerprint density at radius 3 is 2.62 bits per heavy atom. The van der Waals surface area contributed by atoms with E-state index in [1.807, 2.05) is 54.6 Å². The lowest BCUT2D eigenvalue weighted by Gasteiger charge is -2.33. The molecule has 5 rings (SSSR count). The van der Waals surface area contributed by atoms with Crippen molar-refractivity contribution in [3.05, 3.63) is 66.4 Å². The molecule has 3 heterocycles. The molecule has 8 nitrogen and oxygen atoms in total. The minimum absolute atomic E-state index is 0.00948. The Morgan fingerprint density at radius 1 is 1.08 bits per heavy atom. The number of para-hydroxylation sites is 1. The highest BCUT2D eigenvalue weighted by atomic mass is 19.1. The Kier molecular flexibility index (Phi) is 7.28. The molecule has 2 atom stereocenters. The number of fused-ring (bicyclic) bond motifs is 1. The SMILES string of the molecule is N#CC1C[C@H](F)CN1C(=O)CN1CCC(Nc2ccc(C(=O)Nc3ccccc3)c3ncccc23)CC1. The number of carbonyl (C=O) groups excluding carboxylic acids is 2. The van der Waals surface area contributed by atoms with Gasteiger partial charge in [-0.05, 0) is 49.2 Å². The number of nitriles is 1. The standard InChI is InChI=1S/C28H29FN6O2/c29-19-15-22(16-30)35(17-19)26(36)18-34-13-10-21(11-14-34)32-25-9-8-24(27-23(25)7-4-12-31-27)28(37)33-20-5-2-1-3-6-20/h1-9,12,19,21-22,32H,10-11,13-15,17-18H2,(H,33,37)/t19-,22?/m0/s1. The monoisotopic (exact) mass is 500 g/mol. The number of benzene rings is 2. The van der Waals surface area contributed by atoms with Gasteiger partial charge < -0.3 is 15.5 Å². The van der Waals surface area contributed by atoms with E-state index in [0.717, 1.165) is 42.7 Å². The normalized spacial score (nSPS) is 20.5. The first kappa shape index (κ1) is 24.7. The highest BCUT2D eigenvalue weighted by Gasteiger charge is 2.36. The van der Waals surface area contributed by atoms with Crippen LogP contribution in [0.5, 0.6) is 0 Å². The number of likely N-dealkylation sites (tertiary alicyclic amines) is 2. The van der Waals surface area contributed by atoms with E-state index in [1.165, 1.54) is 4.90 Å². The summed E-state index contributed by atoms with van der Waals surface area (Å²) in [5.74, 6) is -0.394. The van der Waals surface area contributed by atoms with E-state index in [0.29, 0.717) is 11.1 Å². The lowest BCUT2D eigenvalue weighted by molar-refractivity contribution is -0.132. The van der Waals surface area contributed by atoms with Gasteiger partial charge in [-0.1, -0.05) is 18.2 Å². The molecule has 0 radical (unpaired) electrons. The van der Waals surface area contributed by atoms with E-state index in [1.54, 1.807) is 12.3 Å². The van der Waals surface area contributed by atoms with Crippen molar-refractivity contribution in [1.29, 1.82) is 5.26 Å². The smallest absolute Gasteiger partial charge is 0.257 e. The molecule has 2 aliphatic heterocycles. The first-order valence-corrected chi connectivity index (χ1v) is 12.6. The molecule has 9 heteroatoms. The van der Waals surface area contributed by atoms with Gasteiger partial charge in [0.1, 0.15) is 12.2 Å². The molecule has 2 N–H and O–H groups in total. The van der Waals surface area contributed by atoms with Gasteiger partial charge in [-0.15, -0.1) is 0 Å². The van der Waals surface area contributed by atoms with E-state index in [4.69, 9.17) is 0 Å². The second-order valence-corrected chi connectivity index (χ2v) is 9.60. The van der Waals surface area contributed by atoms with Crippen LogP contribution in [0.15, 0.2) is 60.8 Å². The van der Waals surface area contributed by atoms with Gasteiger partial charge in [0.25, 0.3) is 5.91 Å². The topological polar surface area (TPSA) is 101 Å². The fourth-order valence-electron chi connectivity index (χ4n) is 5.12. The second-order valence-electron chi connectivity index (χ2n) is 9.60. The molecule has 2 amide bonds. The summed E-state index contributed by atoms with van der Waals surface area (Å²) in [6.07, 6.45) is 2.33. The van der Waals surface area contributed by atoms with Crippen molar-refractivity contribution in [2.45, 2.75) is 37.5 Å². The van der Waals surface area contributed by atoms with Gasteiger partial charge in [0.15, 0.2) is 0 Å². The average Bonchev–Trinajstić information content (AvgIpc) is 3.31.